The maximum atomic E-state index is 4.26. The molecule has 13 heavy (non-hydrogen) atoms. The zero-order valence-electron chi connectivity index (χ0n) is 8.09. The highest BCUT2D eigenvalue weighted by Gasteiger charge is 2.16. The summed E-state index contributed by atoms with van der Waals surface area (Å²) >= 11 is 0. The summed E-state index contributed by atoms with van der Waals surface area (Å²) in [6.07, 6.45) is 5.94. The van der Waals surface area contributed by atoms with Gasteiger partial charge in [0.2, 0.25) is 0 Å². The molecule has 0 spiro atoms. The topological polar surface area (TPSA) is 24.9 Å². The Balaban J connectivity index is 1.89. The largest absolute Gasteiger partial charge is 0.310 e. The minimum absolute atomic E-state index is 0.764. The van der Waals surface area contributed by atoms with Crippen LogP contribution in [0.25, 0.3) is 0 Å². The third-order valence-electron chi connectivity index (χ3n) is 2.80. The van der Waals surface area contributed by atoms with E-state index in [0.29, 0.717) is 0 Å². The molecule has 1 fully saturated rings. The molecule has 2 rings (SSSR count). The molecule has 70 valence electrons. The number of rotatable bonds is 3. The van der Waals surface area contributed by atoms with Crippen molar-refractivity contribution < 1.29 is 0 Å². The van der Waals surface area contributed by atoms with Crippen LogP contribution in [0.2, 0.25) is 0 Å². The average Bonchev–Trinajstić information content (AvgIpc) is 2.05. The maximum absolute atomic E-state index is 4.26. The first kappa shape index (κ1) is 8.70. The molecule has 1 saturated carbocycles. The number of hydrogen-bond donors (Lipinski definition) is 1. The van der Waals surface area contributed by atoms with Crippen molar-refractivity contribution in [1.82, 2.24) is 10.3 Å². The molecule has 0 unspecified atom stereocenters. The number of aryl methyl sites for hydroxylation is 1. The Labute approximate surface area is 79.4 Å². The molecule has 1 aliphatic carbocycles. The minimum atomic E-state index is 0.764. The molecule has 1 aromatic rings. The monoisotopic (exact) mass is 176 g/mol. The lowest BCUT2D eigenvalue weighted by Gasteiger charge is -2.26. The van der Waals surface area contributed by atoms with Crippen molar-refractivity contribution in [2.24, 2.45) is 0 Å². The summed E-state index contributed by atoms with van der Waals surface area (Å²) < 4.78 is 0. The van der Waals surface area contributed by atoms with Crippen LogP contribution < -0.4 is 5.32 Å². The van der Waals surface area contributed by atoms with Crippen molar-refractivity contribution >= 4 is 0 Å². The summed E-state index contributed by atoms with van der Waals surface area (Å²) in [6.45, 7) is 3.04. The first-order valence-electron chi connectivity index (χ1n) is 5.00. The standard InChI is InChI=1S/C11H16N2/c1-9-10(4-3-7-12-9)8-13-11-5-2-6-11/h3-4,7,11,13H,2,5-6,8H2,1H3. The average molecular weight is 176 g/mol. The molecule has 0 bridgehead atoms. The summed E-state index contributed by atoms with van der Waals surface area (Å²) in [7, 11) is 0. The van der Waals surface area contributed by atoms with E-state index >= 15 is 0 Å². The van der Waals surface area contributed by atoms with Crippen LogP contribution in [0.1, 0.15) is 30.5 Å². The summed E-state index contributed by atoms with van der Waals surface area (Å²) in [5.74, 6) is 0. The van der Waals surface area contributed by atoms with Gasteiger partial charge in [-0.15, -0.1) is 0 Å². The summed E-state index contributed by atoms with van der Waals surface area (Å²) in [5.41, 5.74) is 2.48. The van der Waals surface area contributed by atoms with Crippen molar-refractivity contribution in [3.8, 4) is 0 Å². The van der Waals surface area contributed by atoms with Crippen molar-refractivity contribution in [3.05, 3.63) is 29.6 Å². The van der Waals surface area contributed by atoms with E-state index in [9.17, 15) is 0 Å². The second-order valence-corrected chi connectivity index (χ2v) is 3.76. The van der Waals surface area contributed by atoms with Gasteiger partial charge in [0, 0.05) is 24.5 Å². The molecular weight excluding hydrogens is 160 g/mol. The van der Waals surface area contributed by atoms with Crippen LogP contribution in [-0.4, -0.2) is 11.0 Å². The Bertz CT molecular complexity index is 279. The van der Waals surface area contributed by atoms with E-state index in [1.807, 2.05) is 12.3 Å². The molecule has 0 amide bonds. The molecule has 0 aromatic carbocycles. The third kappa shape index (κ3) is 2.07. The van der Waals surface area contributed by atoms with Crippen LogP contribution in [0.3, 0.4) is 0 Å². The van der Waals surface area contributed by atoms with Gasteiger partial charge in [-0.3, -0.25) is 4.98 Å². The van der Waals surface area contributed by atoms with Crippen LogP contribution in [0.5, 0.6) is 0 Å². The van der Waals surface area contributed by atoms with E-state index in [4.69, 9.17) is 0 Å². The minimum Gasteiger partial charge on any atom is -0.310 e. The van der Waals surface area contributed by atoms with Crippen molar-refractivity contribution in [2.45, 2.75) is 38.8 Å². The molecule has 2 heteroatoms. The van der Waals surface area contributed by atoms with Gasteiger partial charge in [0.05, 0.1) is 0 Å². The van der Waals surface area contributed by atoms with Crippen molar-refractivity contribution in [2.75, 3.05) is 0 Å². The lowest BCUT2D eigenvalue weighted by molar-refractivity contribution is 0.338. The smallest absolute Gasteiger partial charge is 0.0417 e. The molecule has 2 nitrogen and oxygen atoms in total. The summed E-state index contributed by atoms with van der Waals surface area (Å²) in [6, 6.07) is 4.92. The molecule has 1 aliphatic rings. The van der Waals surface area contributed by atoms with E-state index < -0.39 is 0 Å². The van der Waals surface area contributed by atoms with E-state index in [1.165, 1.54) is 24.8 Å². The Morgan fingerprint density at radius 3 is 3.00 bits per heavy atom. The summed E-state index contributed by atoms with van der Waals surface area (Å²) in [4.78, 5) is 4.26. The number of hydrogen-bond acceptors (Lipinski definition) is 2. The molecule has 1 heterocycles. The van der Waals surface area contributed by atoms with Gasteiger partial charge < -0.3 is 5.32 Å². The third-order valence-corrected chi connectivity index (χ3v) is 2.80. The van der Waals surface area contributed by atoms with Crippen LogP contribution in [0.4, 0.5) is 0 Å². The highest BCUT2D eigenvalue weighted by atomic mass is 14.9. The van der Waals surface area contributed by atoms with E-state index in [1.54, 1.807) is 0 Å². The molecule has 0 atom stereocenters. The van der Waals surface area contributed by atoms with Gasteiger partial charge in [-0.25, -0.2) is 0 Å². The quantitative estimate of drug-likeness (QED) is 0.762. The van der Waals surface area contributed by atoms with Crippen LogP contribution in [0, 0.1) is 6.92 Å². The molecule has 0 saturated heterocycles. The van der Waals surface area contributed by atoms with E-state index in [-0.39, 0.29) is 0 Å². The van der Waals surface area contributed by atoms with Crippen LogP contribution in [-0.2, 0) is 6.54 Å². The van der Waals surface area contributed by atoms with Crippen LogP contribution in [0.15, 0.2) is 18.3 Å². The van der Waals surface area contributed by atoms with Gasteiger partial charge in [0.1, 0.15) is 0 Å². The van der Waals surface area contributed by atoms with Gasteiger partial charge in [-0.05, 0) is 31.4 Å². The lowest BCUT2D eigenvalue weighted by atomic mass is 9.93. The van der Waals surface area contributed by atoms with Crippen molar-refractivity contribution in [3.63, 3.8) is 0 Å². The fourth-order valence-electron chi connectivity index (χ4n) is 1.57. The van der Waals surface area contributed by atoms with Gasteiger partial charge in [-0.2, -0.15) is 0 Å². The Hall–Kier alpha value is -0.890. The highest BCUT2D eigenvalue weighted by molar-refractivity contribution is 5.17. The summed E-state index contributed by atoms with van der Waals surface area (Å²) in [5, 5.41) is 3.54. The first-order chi connectivity index (χ1) is 6.36. The van der Waals surface area contributed by atoms with Crippen LogP contribution >= 0.6 is 0 Å². The van der Waals surface area contributed by atoms with Crippen molar-refractivity contribution in [1.29, 1.82) is 0 Å². The van der Waals surface area contributed by atoms with Gasteiger partial charge in [0.15, 0.2) is 0 Å². The van der Waals surface area contributed by atoms with E-state index in [0.717, 1.165) is 18.3 Å². The predicted octanol–water partition coefficient (Wildman–Crippen LogP) is 2.03. The zero-order chi connectivity index (χ0) is 9.10. The molecule has 0 radical (unpaired) electrons. The van der Waals surface area contributed by atoms with Gasteiger partial charge in [-0.1, -0.05) is 12.5 Å². The Kier molecular flexibility index (Phi) is 2.60. The highest BCUT2D eigenvalue weighted by Crippen LogP contribution is 2.18. The normalized spacial score (nSPS) is 17.0. The molecule has 1 aromatic heterocycles. The molecule has 0 aliphatic heterocycles. The number of nitrogens with zero attached hydrogens (tertiary/aromatic N) is 1. The van der Waals surface area contributed by atoms with Gasteiger partial charge >= 0.3 is 0 Å². The number of pyridine rings is 1. The second kappa shape index (κ2) is 3.88. The SMILES string of the molecule is Cc1ncccc1CNC1CCC1. The Morgan fingerprint density at radius 2 is 2.38 bits per heavy atom. The van der Waals surface area contributed by atoms with E-state index in [2.05, 4.69) is 23.3 Å². The maximum Gasteiger partial charge on any atom is 0.0417 e. The Morgan fingerprint density at radius 1 is 1.54 bits per heavy atom. The fraction of sp³-hybridized carbons (Fsp3) is 0.545. The van der Waals surface area contributed by atoms with Gasteiger partial charge in [0.25, 0.3) is 0 Å². The molecular formula is C11H16N2. The first-order valence-corrected chi connectivity index (χ1v) is 5.00. The number of nitrogens with one attached hydrogen (secondary N) is 1. The zero-order valence-corrected chi connectivity index (χ0v) is 8.09. The second-order valence-electron chi connectivity index (χ2n) is 3.76. The fourth-order valence-corrected chi connectivity index (χ4v) is 1.57. The molecule has 1 N–H and O–H groups in total. The predicted molar refractivity (Wildman–Crippen MR) is 53.5 cm³/mol. The number of aromatic nitrogens is 1. The lowest BCUT2D eigenvalue weighted by Crippen LogP contribution is -2.34.